The third kappa shape index (κ3) is 2.78. The van der Waals surface area contributed by atoms with Gasteiger partial charge in [-0.1, -0.05) is 0 Å². The number of benzene rings is 1. The van der Waals surface area contributed by atoms with Crippen LogP contribution in [0.4, 0.5) is 19.3 Å². The van der Waals surface area contributed by atoms with E-state index in [2.05, 4.69) is 5.32 Å². The highest BCUT2D eigenvalue weighted by Crippen LogP contribution is 2.14. The van der Waals surface area contributed by atoms with E-state index in [0.29, 0.717) is 9.80 Å². The summed E-state index contributed by atoms with van der Waals surface area (Å²) in [6.45, 7) is 0.817. The van der Waals surface area contributed by atoms with E-state index >= 15 is 0 Å². The van der Waals surface area contributed by atoms with E-state index in [9.17, 15) is 28.0 Å². The average molecular weight is 311 g/mol. The van der Waals surface area contributed by atoms with Gasteiger partial charge in [0.15, 0.2) is 11.6 Å². The monoisotopic (exact) mass is 311 g/mol. The molecule has 0 saturated carbocycles. The van der Waals surface area contributed by atoms with E-state index in [1.165, 1.54) is 6.92 Å². The van der Waals surface area contributed by atoms with Crippen molar-refractivity contribution in [3.05, 3.63) is 29.8 Å². The molecule has 116 valence electrons. The molecule has 1 N–H and O–H groups in total. The topological polar surface area (TPSA) is 86.8 Å². The summed E-state index contributed by atoms with van der Waals surface area (Å²) in [7, 11) is 0. The lowest BCUT2D eigenvalue weighted by Gasteiger charge is -2.14. The number of hydrogen-bond acceptors (Lipinski definition) is 4. The van der Waals surface area contributed by atoms with E-state index in [4.69, 9.17) is 0 Å². The molecule has 1 aliphatic heterocycles. The first-order valence-electron chi connectivity index (χ1n) is 6.27. The van der Waals surface area contributed by atoms with Crippen molar-refractivity contribution in [2.45, 2.75) is 6.92 Å². The van der Waals surface area contributed by atoms with Crippen molar-refractivity contribution >= 4 is 29.4 Å². The predicted octanol–water partition coefficient (Wildman–Crippen LogP) is 0.714. The minimum Gasteiger partial charge on any atom is -0.324 e. The summed E-state index contributed by atoms with van der Waals surface area (Å²) in [5.74, 6) is -5.16. The first kappa shape index (κ1) is 15.5. The Kier molecular flexibility index (Phi) is 4.15. The van der Waals surface area contributed by atoms with Crippen molar-refractivity contribution in [1.29, 1.82) is 0 Å². The van der Waals surface area contributed by atoms with Crippen molar-refractivity contribution in [2.75, 3.05) is 18.4 Å². The van der Waals surface area contributed by atoms with Crippen LogP contribution in [0.1, 0.15) is 6.92 Å². The lowest BCUT2D eigenvalue weighted by Crippen LogP contribution is -2.39. The van der Waals surface area contributed by atoms with Gasteiger partial charge in [0.1, 0.15) is 6.54 Å². The van der Waals surface area contributed by atoms with Gasteiger partial charge in [0.2, 0.25) is 5.91 Å². The van der Waals surface area contributed by atoms with Gasteiger partial charge >= 0.3 is 17.8 Å². The van der Waals surface area contributed by atoms with Gasteiger partial charge in [-0.3, -0.25) is 19.3 Å². The number of carbonyl (C=O) groups is 4. The molecule has 0 radical (unpaired) electrons. The summed E-state index contributed by atoms with van der Waals surface area (Å²) in [6.07, 6.45) is 0. The molecule has 1 aromatic carbocycles. The van der Waals surface area contributed by atoms with Gasteiger partial charge in [-0.25, -0.2) is 18.5 Å². The molecule has 1 heterocycles. The van der Waals surface area contributed by atoms with Gasteiger partial charge in [-0.15, -0.1) is 0 Å². The number of likely N-dealkylation sites (N-methyl/N-ethyl adjacent to an activating group) is 1. The molecule has 22 heavy (non-hydrogen) atoms. The second-order valence-electron chi connectivity index (χ2n) is 4.40. The van der Waals surface area contributed by atoms with E-state index < -0.39 is 41.9 Å². The van der Waals surface area contributed by atoms with Crippen LogP contribution in [0.3, 0.4) is 0 Å². The summed E-state index contributed by atoms with van der Waals surface area (Å²) in [5, 5.41) is 2.20. The number of hydrogen-bond donors (Lipinski definition) is 1. The van der Waals surface area contributed by atoms with Crippen molar-refractivity contribution in [3.63, 3.8) is 0 Å². The number of amides is 5. The molecule has 0 atom stereocenters. The molecule has 0 bridgehead atoms. The number of anilines is 1. The highest BCUT2D eigenvalue weighted by Gasteiger charge is 2.44. The summed E-state index contributed by atoms with van der Waals surface area (Å²) in [6, 6.07) is 1.80. The Bertz CT molecular complexity index is 677. The molecule has 5 amide bonds. The zero-order valence-corrected chi connectivity index (χ0v) is 11.4. The van der Waals surface area contributed by atoms with Crippen LogP contribution < -0.4 is 5.32 Å². The second kappa shape index (κ2) is 5.88. The highest BCUT2D eigenvalue weighted by molar-refractivity contribution is 6.45. The number of nitrogens with zero attached hydrogens (tertiary/aromatic N) is 2. The molecule has 0 spiro atoms. The Morgan fingerprint density at radius 1 is 1.09 bits per heavy atom. The third-order valence-electron chi connectivity index (χ3n) is 2.96. The fourth-order valence-electron chi connectivity index (χ4n) is 1.89. The quantitative estimate of drug-likeness (QED) is 0.655. The summed E-state index contributed by atoms with van der Waals surface area (Å²) in [4.78, 5) is 47.8. The van der Waals surface area contributed by atoms with Crippen LogP contribution in [0.5, 0.6) is 0 Å². The number of urea groups is 1. The van der Waals surface area contributed by atoms with Gasteiger partial charge in [-0.2, -0.15) is 0 Å². The molecule has 2 rings (SSSR count). The minimum absolute atomic E-state index is 0.00466. The molecule has 1 fully saturated rings. The Morgan fingerprint density at radius 2 is 1.73 bits per heavy atom. The zero-order chi connectivity index (χ0) is 16.4. The van der Waals surface area contributed by atoms with E-state index in [0.717, 1.165) is 18.2 Å². The van der Waals surface area contributed by atoms with Gasteiger partial charge in [0.05, 0.1) is 0 Å². The first-order valence-corrected chi connectivity index (χ1v) is 6.27. The molecule has 9 heteroatoms. The number of carbonyl (C=O) groups excluding carboxylic acids is 4. The molecule has 0 aliphatic carbocycles. The van der Waals surface area contributed by atoms with E-state index in [-0.39, 0.29) is 12.2 Å². The lowest BCUT2D eigenvalue weighted by atomic mass is 10.3. The van der Waals surface area contributed by atoms with Crippen LogP contribution in [0.15, 0.2) is 18.2 Å². The largest absolute Gasteiger partial charge is 0.334 e. The number of imide groups is 2. The molecule has 1 aliphatic rings. The Balaban J connectivity index is 2.06. The van der Waals surface area contributed by atoms with Crippen LogP contribution >= 0.6 is 0 Å². The van der Waals surface area contributed by atoms with E-state index in [1.807, 2.05) is 0 Å². The molecular weight excluding hydrogens is 300 g/mol. The summed E-state index contributed by atoms with van der Waals surface area (Å²) in [5.41, 5.74) is -0.0401. The number of rotatable bonds is 4. The maximum absolute atomic E-state index is 13.0. The molecule has 0 unspecified atom stereocenters. The van der Waals surface area contributed by atoms with Crippen molar-refractivity contribution in [1.82, 2.24) is 9.80 Å². The van der Waals surface area contributed by atoms with Crippen LogP contribution in [0.2, 0.25) is 0 Å². The minimum atomic E-state index is -1.15. The van der Waals surface area contributed by atoms with Crippen molar-refractivity contribution in [2.24, 2.45) is 0 Å². The Hall–Kier alpha value is -2.84. The Labute approximate surface area is 123 Å². The van der Waals surface area contributed by atoms with Gasteiger partial charge in [0, 0.05) is 18.3 Å². The van der Waals surface area contributed by atoms with Crippen LogP contribution in [0, 0.1) is 11.6 Å². The highest BCUT2D eigenvalue weighted by atomic mass is 19.2. The summed E-state index contributed by atoms with van der Waals surface area (Å²) < 4.78 is 25.8. The van der Waals surface area contributed by atoms with Crippen LogP contribution in [-0.2, 0) is 14.4 Å². The molecule has 7 nitrogen and oxygen atoms in total. The lowest BCUT2D eigenvalue weighted by molar-refractivity contribution is -0.143. The maximum atomic E-state index is 13.0. The van der Waals surface area contributed by atoms with Gasteiger partial charge in [0.25, 0.3) is 0 Å². The fraction of sp³-hybridized carbons (Fsp3) is 0.231. The predicted molar refractivity (Wildman–Crippen MR) is 69.5 cm³/mol. The molecule has 1 saturated heterocycles. The fourth-order valence-corrected chi connectivity index (χ4v) is 1.89. The zero-order valence-electron chi connectivity index (χ0n) is 11.4. The van der Waals surface area contributed by atoms with Gasteiger partial charge in [-0.05, 0) is 19.1 Å². The average Bonchev–Trinajstić information content (AvgIpc) is 2.66. The second-order valence-corrected chi connectivity index (χ2v) is 4.40. The summed E-state index contributed by atoms with van der Waals surface area (Å²) >= 11 is 0. The van der Waals surface area contributed by atoms with E-state index in [1.54, 1.807) is 0 Å². The molecule has 0 aromatic heterocycles. The number of nitrogens with one attached hydrogen (secondary N) is 1. The van der Waals surface area contributed by atoms with Crippen LogP contribution in [0.25, 0.3) is 0 Å². The Morgan fingerprint density at radius 3 is 2.27 bits per heavy atom. The first-order chi connectivity index (χ1) is 10.3. The smallest absolute Gasteiger partial charge is 0.324 e. The maximum Gasteiger partial charge on any atom is 0.334 e. The standard InChI is InChI=1S/C13H11F2N3O4/c1-2-17-11(20)12(21)18(13(17)22)6-10(19)16-7-3-4-8(14)9(15)5-7/h3-5H,2,6H2,1H3,(H,16,19). The normalized spacial score (nSPS) is 14.8. The molecule has 1 aromatic rings. The SMILES string of the molecule is CCN1C(=O)C(=O)N(CC(=O)Nc2ccc(F)c(F)c2)C1=O. The van der Waals surface area contributed by atoms with Crippen LogP contribution in [-0.4, -0.2) is 46.6 Å². The van der Waals surface area contributed by atoms with Crippen molar-refractivity contribution < 1.29 is 28.0 Å². The van der Waals surface area contributed by atoms with Crippen molar-refractivity contribution in [3.8, 4) is 0 Å². The third-order valence-corrected chi connectivity index (χ3v) is 2.96. The van der Waals surface area contributed by atoms with Gasteiger partial charge < -0.3 is 5.32 Å². The number of halogens is 2. The molecular formula is C13H11F2N3O4.